The highest BCUT2D eigenvalue weighted by molar-refractivity contribution is 6.35. The first kappa shape index (κ1) is 11.5. The molecule has 1 aliphatic rings. The van der Waals surface area contributed by atoms with Gasteiger partial charge in [-0.25, -0.2) is 4.79 Å². The maximum atomic E-state index is 11.5. The first-order chi connectivity index (χ1) is 7.63. The van der Waals surface area contributed by atoms with E-state index < -0.39 is 0 Å². The number of rotatable bonds is 2. The van der Waals surface area contributed by atoms with E-state index in [0.717, 1.165) is 13.1 Å². The van der Waals surface area contributed by atoms with Crippen LogP contribution in [-0.2, 0) is 0 Å². The van der Waals surface area contributed by atoms with Crippen molar-refractivity contribution in [2.75, 3.05) is 18.4 Å². The van der Waals surface area contributed by atoms with E-state index in [1.807, 2.05) is 0 Å². The van der Waals surface area contributed by atoms with Crippen molar-refractivity contribution in [2.45, 2.75) is 6.04 Å². The molecule has 0 unspecified atom stereocenters. The van der Waals surface area contributed by atoms with E-state index in [9.17, 15) is 4.79 Å². The van der Waals surface area contributed by atoms with Gasteiger partial charge in [-0.15, -0.1) is 0 Å². The molecule has 1 aromatic rings. The van der Waals surface area contributed by atoms with E-state index in [4.69, 9.17) is 23.2 Å². The molecule has 1 aliphatic heterocycles. The lowest BCUT2D eigenvalue weighted by atomic mass is 10.2. The van der Waals surface area contributed by atoms with Gasteiger partial charge in [-0.2, -0.15) is 0 Å². The minimum absolute atomic E-state index is 0.203. The van der Waals surface area contributed by atoms with E-state index in [1.54, 1.807) is 18.2 Å². The summed E-state index contributed by atoms with van der Waals surface area (Å²) in [7, 11) is 0. The minimum Gasteiger partial charge on any atom is -0.333 e. The number of carbonyl (C=O) groups is 1. The summed E-state index contributed by atoms with van der Waals surface area (Å²) >= 11 is 11.6. The number of hydrogen-bond donors (Lipinski definition) is 3. The van der Waals surface area contributed by atoms with Gasteiger partial charge < -0.3 is 16.0 Å². The van der Waals surface area contributed by atoms with Gasteiger partial charge in [-0.05, 0) is 18.2 Å². The van der Waals surface area contributed by atoms with Crippen molar-refractivity contribution in [3.63, 3.8) is 0 Å². The number of amides is 2. The summed E-state index contributed by atoms with van der Waals surface area (Å²) in [6, 6.07) is 4.86. The van der Waals surface area contributed by atoms with E-state index in [1.165, 1.54) is 0 Å². The molecule has 0 radical (unpaired) electrons. The third-order valence-corrected chi connectivity index (χ3v) is 2.67. The molecule has 4 nitrogen and oxygen atoms in total. The molecule has 3 N–H and O–H groups in total. The Labute approximate surface area is 103 Å². The predicted molar refractivity (Wildman–Crippen MR) is 65.3 cm³/mol. The average molecular weight is 260 g/mol. The lowest BCUT2D eigenvalue weighted by Crippen LogP contribution is -2.57. The lowest BCUT2D eigenvalue weighted by molar-refractivity contribution is 0.243. The van der Waals surface area contributed by atoms with Crippen LogP contribution < -0.4 is 16.0 Å². The maximum absolute atomic E-state index is 11.5. The molecule has 1 fully saturated rings. The Bertz CT molecular complexity index is 387. The Morgan fingerprint density at radius 3 is 2.38 bits per heavy atom. The van der Waals surface area contributed by atoms with Crippen molar-refractivity contribution in [3.8, 4) is 0 Å². The SMILES string of the molecule is O=C(Nc1cc(Cl)cc(Cl)c1)NC1CNC1. The van der Waals surface area contributed by atoms with E-state index in [2.05, 4.69) is 16.0 Å². The van der Waals surface area contributed by atoms with E-state index in [-0.39, 0.29) is 12.1 Å². The highest BCUT2D eigenvalue weighted by Crippen LogP contribution is 2.22. The first-order valence-electron chi connectivity index (χ1n) is 4.88. The molecule has 0 aromatic heterocycles. The van der Waals surface area contributed by atoms with Crippen molar-refractivity contribution < 1.29 is 4.79 Å². The van der Waals surface area contributed by atoms with Crippen LogP contribution in [0.4, 0.5) is 10.5 Å². The van der Waals surface area contributed by atoms with Crippen LogP contribution >= 0.6 is 23.2 Å². The molecule has 2 rings (SSSR count). The molecule has 0 atom stereocenters. The first-order valence-corrected chi connectivity index (χ1v) is 5.63. The molecule has 0 saturated carbocycles. The van der Waals surface area contributed by atoms with Crippen LogP contribution in [0.25, 0.3) is 0 Å². The molecule has 0 aliphatic carbocycles. The highest BCUT2D eigenvalue weighted by Gasteiger charge is 2.18. The fourth-order valence-corrected chi connectivity index (χ4v) is 1.90. The normalized spacial score (nSPS) is 15.4. The Kier molecular flexibility index (Phi) is 3.53. The zero-order valence-electron chi connectivity index (χ0n) is 8.39. The van der Waals surface area contributed by atoms with Crippen LogP contribution in [-0.4, -0.2) is 25.2 Å². The summed E-state index contributed by atoms with van der Waals surface area (Å²) in [4.78, 5) is 11.5. The van der Waals surface area contributed by atoms with Crippen LogP contribution in [0.15, 0.2) is 18.2 Å². The summed E-state index contributed by atoms with van der Waals surface area (Å²) in [5.74, 6) is 0. The Hall–Kier alpha value is -0.970. The van der Waals surface area contributed by atoms with E-state index in [0.29, 0.717) is 15.7 Å². The molecule has 6 heteroatoms. The standard InChI is InChI=1S/C10H11Cl2N3O/c11-6-1-7(12)3-8(2-6)14-10(16)15-9-4-13-5-9/h1-3,9,13H,4-5H2,(H2,14,15,16). The summed E-state index contributed by atoms with van der Waals surface area (Å²) in [5.41, 5.74) is 0.585. The van der Waals surface area contributed by atoms with Gasteiger partial charge >= 0.3 is 6.03 Å². The minimum atomic E-state index is -0.246. The largest absolute Gasteiger partial charge is 0.333 e. The van der Waals surface area contributed by atoms with Crippen LogP contribution in [0.3, 0.4) is 0 Å². The number of carbonyl (C=O) groups excluding carboxylic acids is 1. The summed E-state index contributed by atoms with van der Waals surface area (Å²) in [6.45, 7) is 1.62. The van der Waals surface area contributed by atoms with Crippen LogP contribution in [0, 0.1) is 0 Å². The van der Waals surface area contributed by atoms with Gasteiger partial charge in [0.05, 0.1) is 6.04 Å². The number of nitrogens with one attached hydrogen (secondary N) is 3. The molecule has 1 saturated heterocycles. The van der Waals surface area contributed by atoms with Crippen molar-refractivity contribution in [2.24, 2.45) is 0 Å². The van der Waals surface area contributed by atoms with Crippen molar-refractivity contribution in [1.29, 1.82) is 0 Å². The Balaban J connectivity index is 1.94. The molecule has 1 heterocycles. The van der Waals surface area contributed by atoms with Crippen molar-refractivity contribution in [3.05, 3.63) is 28.2 Å². The van der Waals surface area contributed by atoms with Gasteiger partial charge in [-0.3, -0.25) is 0 Å². The fourth-order valence-electron chi connectivity index (χ4n) is 1.37. The smallest absolute Gasteiger partial charge is 0.319 e. The molecule has 2 amide bonds. The average Bonchev–Trinajstić information content (AvgIpc) is 2.09. The summed E-state index contributed by atoms with van der Waals surface area (Å²) < 4.78 is 0. The third kappa shape index (κ3) is 3.01. The molecule has 0 bridgehead atoms. The number of urea groups is 1. The van der Waals surface area contributed by atoms with Gasteiger partial charge in [0.25, 0.3) is 0 Å². The van der Waals surface area contributed by atoms with E-state index >= 15 is 0 Å². The predicted octanol–water partition coefficient (Wildman–Crippen LogP) is 2.09. The number of anilines is 1. The van der Waals surface area contributed by atoms with Gasteiger partial charge in [0.15, 0.2) is 0 Å². The Morgan fingerprint density at radius 1 is 1.25 bits per heavy atom. The second kappa shape index (κ2) is 4.91. The molecule has 0 spiro atoms. The van der Waals surface area contributed by atoms with Crippen molar-refractivity contribution in [1.82, 2.24) is 10.6 Å². The van der Waals surface area contributed by atoms with Crippen molar-refractivity contribution >= 4 is 34.9 Å². The van der Waals surface area contributed by atoms with Gasteiger partial charge in [0, 0.05) is 28.8 Å². The van der Waals surface area contributed by atoms with Crippen LogP contribution in [0.5, 0.6) is 0 Å². The number of halogens is 2. The van der Waals surface area contributed by atoms with Crippen LogP contribution in [0.1, 0.15) is 0 Å². The van der Waals surface area contributed by atoms with Gasteiger partial charge in [0.2, 0.25) is 0 Å². The molecule has 1 aromatic carbocycles. The fraction of sp³-hybridized carbons (Fsp3) is 0.300. The highest BCUT2D eigenvalue weighted by atomic mass is 35.5. The summed E-state index contributed by atoms with van der Waals surface area (Å²) in [5, 5.41) is 9.53. The van der Waals surface area contributed by atoms with Crippen LogP contribution in [0.2, 0.25) is 10.0 Å². The maximum Gasteiger partial charge on any atom is 0.319 e. The third-order valence-electron chi connectivity index (χ3n) is 2.24. The van der Waals surface area contributed by atoms with Gasteiger partial charge in [0.1, 0.15) is 0 Å². The number of hydrogen-bond acceptors (Lipinski definition) is 2. The monoisotopic (exact) mass is 259 g/mol. The summed E-state index contributed by atoms with van der Waals surface area (Å²) in [6.07, 6.45) is 0. The second-order valence-electron chi connectivity index (χ2n) is 3.61. The Morgan fingerprint density at radius 2 is 1.88 bits per heavy atom. The zero-order chi connectivity index (χ0) is 11.5. The molecular formula is C10H11Cl2N3O. The number of benzene rings is 1. The molecule has 16 heavy (non-hydrogen) atoms. The second-order valence-corrected chi connectivity index (χ2v) is 4.48. The lowest BCUT2D eigenvalue weighted by Gasteiger charge is -2.27. The zero-order valence-corrected chi connectivity index (χ0v) is 9.90. The topological polar surface area (TPSA) is 53.2 Å². The molecular weight excluding hydrogens is 249 g/mol. The van der Waals surface area contributed by atoms with Gasteiger partial charge in [-0.1, -0.05) is 23.2 Å². The molecule has 86 valence electrons. The quantitative estimate of drug-likeness (QED) is 0.762.